The maximum Gasteiger partial charge on any atom is 0.261 e. The van der Waals surface area contributed by atoms with E-state index in [0.717, 1.165) is 0 Å². The minimum absolute atomic E-state index is 0.0301. The van der Waals surface area contributed by atoms with Gasteiger partial charge >= 0.3 is 0 Å². The largest absolute Gasteiger partial charge is 0.402 e. The molecule has 0 amide bonds. The van der Waals surface area contributed by atoms with Gasteiger partial charge in [-0.3, -0.25) is 0 Å². The van der Waals surface area contributed by atoms with Crippen molar-refractivity contribution in [2.45, 2.75) is 75.5 Å². The number of rotatable bonds is 9. The summed E-state index contributed by atoms with van der Waals surface area (Å²) in [5, 5.41) is 11.6. The Morgan fingerprint density at radius 2 is 1.45 bits per heavy atom. The molecule has 0 aromatic heterocycles. The van der Waals surface area contributed by atoms with Crippen molar-refractivity contribution in [3.8, 4) is 0 Å². The van der Waals surface area contributed by atoms with Crippen LogP contribution in [-0.4, -0.2) is 62.8 Å². The topological polar surface area (TPSA) is 67.0 Å². The fraction of sp³-hybridized carbons (Fsp3) is 0.481. The predicted molar refractivity (Wildman–Crippen MR) is 130 cm³/mol. The summed E-state index contributed by atoms with van der Waals surface area (Å²) >= 11 is 0. The lowest BCUT2D eigenvalue weighted by atomic mass is 10.1. The van der Waals surface area contributed by atoms with E-state index < -0.39 is 8.32 Å². The van der Waals surface area contributed by atoms with E-state index in [9.17, 15) is 0 Å². The van der Waals surface area contributed by atoms with E-state index in [0.29, 0.717) is 0 Å². The van der Waals surface area contributed by atoms with Crippen molar-refractivity contribution >= 4 is 18.7 Å². The van der Waals surface area contributed by atoms with Gasteiger partial charge in [0.25, 0.3) is 8.32 Å². The fourth-order valence-electron chi connectivity index (χ4n) is 5.07. The molecule has 3 aliphatic rings. The highest BCUT2D eigenvalue weighted by atomic mass is 28.4. The Labute approximate surface area is 197 Å². The average Bonchev–Trinajstić information content (AvgIpc) is 3.67. The molecule has 6 heteroatoms. The molecule has 3 aliphatic heterocycles. The summed E-state index contributed by atoms with van der Waals surface area (Å²) in [6.45, 7) is 9.08. The molecule has 0 bridgehead atoms. The van der Waals surface area contributed by atoms with Crippen molar-refractivity contribution in [3.05, 3.63) is 72.8 Å². The molecule has 33 heavy (non-hydrogen) atoms. The van der Waals surface area contributed by atoms with E-state index in [-0.39, 0.29) is 54.4 Å². The van der Waals surface area contributed by atoms with Crippen LogP contribution < -0.4 is 10.4 Å². The third kappa shape index (κ3) is 4.48. The van der Waals surface area contributed by atoms with Gasteiger partial charge < -0.3 is 23.7 Å². The number of epoxide rings is 3. The van der Waals surface area contributed by atoms with Crippen molar-refractivity contribution in [1.82, 2.24) is 0 Å². The van der Waals surface area contributed by atoms with E-state index in [1.54, 1.807) is 0 Å². The van der Waals surface area contributed by atoms with E-state index in [4.69, 9.17) is 23.7 Å². The minimum atomic E-state index is -2.60. The number of aliphatic hydroxyl groups excluding tert-OH is 1. The monoisotopic (exact) mass is 466 g/mol. The first-order valence-electron chi connectivity index (χ1n) is 11.9. The highest BCUT2D eigenvalue weighted by Crippen LogP contribution is 2.41. The van der Waals surface area contributed by atoms with E-state index in [1.165, 1.54) is 10.4 Å². The smallest absolute Gasteiger partial charge is 0.261 e. The van der Waals surface area contributed by atoms with Gasteiger partial charge in [0.15, 0.2) is 0 Å². The summed E-state index contributed by atoms with van der Waals surface area (Å²) in [5.41, 5.74) is 0. The van der Waals surface area contributed by atoms with E-state index in [1.807, 2.05) is 0 Å². The molecular weight excluding hydrogens is 432 g/mol. The van der Waals surface area contributed by atoms with E-state index in [2.05, 4.69) is 101 Å². The third-order valence-electron chi connectivity index (χ3n) is 6.98. The predicted octanol–water partition coefficient (Wildman–Crippen LogP) is 2.80. The second-order valence-corrected chi connectivity index (χ2v) is 14.6. The second-order valence-electron chi connectivity index (χ2n) is 10.3. The molecule has 1 N–H and O–H groups in total. The van der Waals surface area contributed by atoms with Crippen LogP contribution >= 0.6 is 0 Å². The van der Waals surface area contributed by atoms with Crippen molar-refractivity contribution < 1.29 is 23.7 Å². The molecule has 0 aliphatic carbocycles. The fourth-order valence-corrected chi connectivity index (χ4v) is 9.78. The maximum absolute atomic E-state index is 9.15. The van der Waals surface area contributed by atoms with Gasteiger partial charge in [-0.1, -0.05) is 93.6 Å². The van der Waals surface area contributed by atoms with Gasteiger partial charge in [-0.05, 0) is 22.3 Å². The van der Waals surface area contributed by atoms with Gasteiger partial charge in [0.05, 0.1) is 12.7 Å². The van der Waals surface area contributed by atoms with Crippen LogP contribution in [0.3, 0.4) is 0 Å². The number of benzene rings is 2. The molecule has 3 heterocycles. The van der Waals surface area contributed by atoms with Crippen LogP contribution in [0.1, 0.15) is 27.7 Å². The molecule has 0 radical (unpaired) electrons. The summed E-state index contributed by atoms with van der Waals surface area (Å²) in [6.07, 6.45) is 4.30. The molecular formula is C27H34O5Si. The molecule has 3 saturated heterocycles. The van der Waals surface area contributed by atoms with Gasteiger partial charge in [-0.15, -0.1) is 0 Å². The molecule has 5 nitrogen and oxygen atoms in total. The van der Waals surface area contributed by atoms with Crippen LogP contribution in [0, 0.1) is 0 Å². The van der Waals surface area contributed by atoms with Gasteiger partial charge in [-0.2, -0.15) is 0 Å². The Hall–Kier alpha value is -1.80. The second kappa shape index (κ2) is 8.76. The SMILES string of the molecule is C[C@@H](O[Si](c1ccccc1)(c1ccccc1)C(C)(C)C)[C@@H]1O[C@H]1/C=C/[C@@H]1O[C@H]1[C@@H]1O[C@H]1CO. The zero-order valence-electron chi connectivity index (χ0n) is 19.8. The summed E-state index contributed by atoms with van der Waals surface area (Å²) in [4.78, 5) is 0. The van der Waals surface area contributed by atoms with Crippen LogP contribution in [0.2, 0.25) is 5.04 Å². The highest BCUT2D eigenvalue weighted by Gasteiger charge is 2.57. The first-order chi connectivity index (χ1) is 15.8. The molecule has 3 fully saturated rings. The Bertz CT molecular complexity index is 934. The van der Waals surface area contributed by atoms with Crippen molar-refractivity contribution in [2.75, 3.05) is 6.61 Å². The molecule has 0 saturated carbocycles. The van der Waals surface area contributed by atoms with Crippen molar-refractivity contribution in [2.24, 2.45) is 0 Å². The van der Waals surface area contributed by atoms with Crippen LogP contribution in [-0.2, 0) is 18.6 Å². The van der Waals surface area contributed by atoms with Gasteiger partial charge in [0, 0.05) is 0 Å². The normalized spacial score (nSPS) is 32.0. The number of hydrogen-bond donors (Lipinski definition) is 1. The summed E-state index contributed by atoms with van der Waals surface area (Å²) in [7, 11) is -2.60. The number of aliphatic hydroxyl groups is 1. The first-order valence-corrected chi connectivity index (χ1v) is 13.8. The Kier molecular flexibility index (Phi) is 6.10. The van der Waals surface area contributed by atoms with Crippen LogP contribution in [0.25, 0.3) is 0 Å². The maximum atomic E-state index is 9.15. The summed E-state index contributed by atoms with van der Waals surface area (Å²) in [5.74, 6) is 0. The summed E-state index contributed by atoms with van der Waals surface area (Å²) < 4.78 is 24.3. The zero-order valence-corrected chi connectivity index (χ0v) is 20.8. The Morgan fingerprint density at radius 1 is 0.879 bits per heavy atom. The first kappa shape index (κ1) is 23.0. The van der Waals surface area contributed by atoms with Crippen LogP contribution in [0.4, 0.5) is 0 Å². The van der Waals surface area contributed by atoms with E-state index >= 15 is 0 Å². The highest BCUT2D eigenvalue weighted by molar-refractivity contribution is 6.99. The number of ether oxygens (including phenoxy) is 3. The third-order valence-corrected chi connectivity index (χ3v) is 12.1. The molecule has 176 valence electrons. The lowest BCUT2D eigenvalue weighted by Gasteiger charge is -2.44. The van der Waals surface area contributed by atoms with Crippen LogP contribution in [0.15, 0.2) is 72.8 Å². The summed E-state index contributed by atoms with van der Waals surface area (Å²) in [6, 6.07) is 21.4. The molecule has 0 unspecified atom stereocenters. The lowest BCUT2D eigenvalue weighted by molar-refractivity contribution is 0.164. The minimum Gasteiger partial charge on any atom is -0.402 e. The molecule has 7 atom stereocenters. The van der Waals surface area contributed by atoms with Gasteiger partial charge in [0.1, 0.15) is 36.6 Å². The molecule has 5 rings (SSSR count). The zero-order chi connectivity index (χ0) is 23.2. The molecule has 2 aromatic rings. The lowest BCUT2D eigenvalue weighted by Crippen LogP contribution is -2.68. The van der Waals surface area contributed by atoms with Crippen LogP contribution in [0.5, 0.6) is 0 Å². The van der Waals surface area contributed by atoms with Gasteiger partial charge in [0.2, 0.25) is 0 Å². The average molecular weight is 467 g/mol. The standard InChI is InChI=1S/C27H34O5Si/c1-18(24-21(29-24)15-16-22-25(30-22)26-23(17-28)31-26)32-33(27(2,3)4,19-11-7-5-8-12-19)20-13-9-6-10-14-20/h5-16,18,21-26,28H,17H2,1-4H3/b16-15+/t18-,21+,22+,23+,24+,25-,26-/m1/s1. The van der Waals surface area contributed by atoms with Crippen molar-refractivity contribution in [3.63, 3.8) is 0 Å². The number of hydrogen-bond acceptors (Lipinski definition) is 5. The Balaban J connectivity index is 1.31. The Morgan fingerprint density at radius 3 is 1.97 bits per heavy atom. The molecule has 0 spiro atoms. The van der Waals surface area contributed by atoms with Gasteiger partial charge in [-0.25, -0.2) is 0 Å². The molecule has 2 aromatic carbocycles. The van der Waals surface area contributed by atoms with Crippen molar-refractivity contribution in [1.29, 1.82) is 0 Å². The quantitative estimate of drug-likeness (QED) is 0.350.